The van der Waals surface area contributed by atoms with E-state index in [2.05, 4.69) is 11.8 Å². The van der Waals surface area contributed by atoms with Gasteiger partial charge in [0.05, 0.1) is 6.10 Å². The molecule has 0 aliphatic heterocycles. The Morgan fingerprint density at radius 3 is 1.95 bits per heavy atom. The Hall–Kier alpha value is -4.37. The van der Waals surface area contributed by atoms with Gasteiger partial charge in [0.2, 0.25) is 0 Å². The number of primary amides is 1. The van der Waals surface area contributed by atoms with Gasteiger partial charge in [-0.2, -0.15) is 0 Å². The molecule has 1 amide bonds. The molecule has 43 heavy (non-hydrogen) atoms. The maximum absolute atomic E-state index is 11.2. The number of nitrogens with two attached hydrogens (primary N) is 1. The van der Waals surface area contributed by atoms with Gasteiger partial charge in [0.25, 0.3) is 5.91 Å². The number of amides is 1. The summed E-state index contributed by atoms with van der Waals surface area (Å²) in [6, 6.07) is 34.2. The summed E-state index contributed by atoms with van der Waals surface area (Å²) in [4.78, 5) is 13.1. The average Bonchev–Trinajstić information content (AvgIpc) is 3.03. The number of para-hydroxylation sites is 1. The SMILES string of the molecule is C[C@H](Cc1ccc(OCC(N)=O)cc1)N(C[C@@H](O)COc1ccccc1)C[C@H](O)c1ccc(OCc2ccccc2)cc1. The third-order valence-electron chi connectivity index (χ3n) is 7.01. The van der Waals surface area contributed by atoms with Crippen LogP contribution in [-0.2, 0) is 17.8 Å². The van der Waals surface area contributed by atoms with Gasteiger partial charge in [-0.1, -0.05) is 72.8 Å². The molecule has 0 radical (unpaired) electrons. The lowest BCUT2D eigenvalue weighted by Crippen LogP contribution is -2.44. The Morgan fingerprint density at radius 1 is 0.721 bits per heavy atom. The number of aliphatic hydroxyl groups is 2. The van der Waals surface area contributed by atoms with Gasteiger partial charge in [0.15, 0.2) is 6.61 Å². The molecule has 0 bridgehead atoms. The van der Waals surface area contributed by atoms with Gasteiger partial charge in [-0.25, -0.2) is 0 Å². The number of aliphatic hydroxyl groups excluding tert-OH is 2. The molecule has 0 fully saturated rings. The van der Waals surface area contributed by atoms with Crippen LogP contribution in [-0.4, -0.2) is 59.5 Å². The van der Waals surface area contributed by atoms with Crippen LogP contribution in [0.2, 0.25) is 0 Å². The van der Waals surface area contributed by atoms with Crippen molar-refractivity contribution in [2.24, 2.45) is 5.73 Å². The zero-order chi connectivity index (χ0) is 30.4. The van der Waals surface area contributed by atoms with Crippen LogP contribution >= 0.6 is 0 Å². The smallest absolute Gasteiger partial charge is 0.255 e. The van der Waals surface area contributed by atoms with Gasteiger partial charge >= 0.3 is 0 Å². The second-order valence-corrected chi connectivity index (χ2v) is 10.5. The van der Waals surface area contributed by atoms with E-state index in [0.717, 1.165) is 22.4 Å². The third kappa shape index (κ3) is 10.8. The molecule has 0 heterocycles. The highest BCUT2D eigenvalue weighted by Gasteiger charge is 2.22. The summed E-state index contributed by atoms with van der Waals surface area (Å²) in [6.07, 6.45) is -0.882. The second-order valence-electron chi connectivity index (χ2n) is 10.5. The van der Waals surface area contributed by atoms with E-state index in [-0.39, 0.29) is 19.3 Å². The summed E-state index contributed by atoms with van der Waals surface area (Å²) in [6.45, 7) is 3.11. The lowest BCUT2D eigenvalue weighted by Gasteiger charge is -2.33. The number of carbonyl (C=O) groups excluding carboxylic acids is 1. The van der Waals surface area contributed by atoms with Crippen LogP contribution in [0.5, 0.6) is 17.2 Å². The van der Waals surface area contributed by atoms with Crippen molar-refractivity contribution in [3.05, 3.63) is 126 Å². The third-order valence-corrected chi connectivity index (χ3v) is 7.01. The molecule has 0 saturated heterocycles. The first kappa shape index (κ1) is 31.6. The zero-order valence-corrected chi connectivity index (χ0v) is 24.4. The molecule has 8 nitrogen and oxygen atoms in total. The molecular formula is C35H40N2O6. The molecule has 0 aromatic heterocycles. The summed E-state index contributed by atoms with van der Waals surface area (Å²) >= 11 is 0. The number of rotatable bonds is 17. The maximum Gasteiger partial charge on any atom is 0.255 e. The molecule has 4 rings (SSSR count). The predicted molar refractivity (Wildman–Crippen MR) is 166 cm³/mol. The molecule has 226 valence electrons. The van der Waals surface area contributed by atoms with Crippen LogP contribution in [0.15, 0.2) is 109 Å². The van der Waals surface area contributed by atoms with Gasteiger partial charge in [-0.15, -0.1) is 0 Å². The molecule has 4 N–H and O–H groups in total. The van der Waals surface area contributed by atoms with E-state index < -0.39 is 18.1 Å². The minimum Gasteiger partial charge on any atom is -0.491 e. The van der Waals surface area contributed by atoms with E-state index in [1.165, 1.54) is 0 Å². The van der Waals surface area contributed by atoms with Gasteiger partial charge < -0.3 is 30.2 Å². The summed E-state index contributed by atoms with van der Waals surface area (Å²) in [7, 11) is 0. The van der Waals surface area contributed by atoms with Crippen LogP contribution < -0.4 is 19.9 Å². The Bertz CT molecular complexity index is 1370. The Labute approximate surface area is 253 Å². The number of ether oxygens (including phenoxy) is 3. The van der Waals surface area contributed by atoms with Crippen LogP contribution in [0.3, 0.4) is 0 Å². The molecular weight excluding hydrogens is 544 g/mol. The minimum atomic E-state index is -0.780. The predicted octanol–water partition coefficient (Wildman–Crippen LogP) is 4.54. The average molecular weight is 585 g/mol. The van der Waals surface area contributed by atoms with Crippen LogP contribution in [0.4, 0.5) is 0 Å². The molecule has 0 spiro atoms. The highest BCUT2D eigenvalue weighted by molar-refractivity contribution is 5.75. The van der Waals surface area contributed by atoms with Crippen molar-refractivity contribution in [3.8, 4) is 17.2 Å². The van der Waals surface area contributed by atoms with E-state index in [1.807, 2.05) is 97.1 Å². The number of hydrogen-bond acceptors (Lipinski definition) is 7. The first-order chi connectivity index (χ1) is 20.9. The fourth-order valence-corrected chi connectivity index (χ4v) is 4.67. The van der Waals surface area contributed by atoms with E-state index in [1.54, 1.807) is 12.1 Å². The number of hydrogen-bond donors (Lipinski definition) is 3. The maximum atomic E-state index is 11.2. The van der Waals surface area contributed by atoms with Gasteiger partial charge in [0.1, 0.15) is 36.6 Å². The van der Waals surface area contributed by atoms with Gasteiger partial charge in [0, 0.05) is 19.1 Å². The Morgan fingerprint density at radius 2 is 1.30 bits per heavy atom. The van der Waals surface area contributed by atoms with Gasteiger partial charge in [-0.05, 0) is 66.4 Å². The van der Waals surface area contributed by atoms with Crippen molar-refractivity contribution in [3.63, 3.8) is 0 Å². The fourth-order valence-electron chi connectivity index (χ4n) is 4.67. The van der Waals surface area contributed by atoms with Crippen molar-refractivity contribution in [1.29, 1.82) is 0 Å². The minimum absolute atomic E-state index is 0.0214. The molecule has 3 atom stereocenters. The number of benzene rings is 4. The number of nitrogens with zero attached hydrogens (tertiary/aromatic N) is 1. The summed E-state index contributed by atoms with van der Waals surface area (Å²) in [5.74, 6) is 1.44. The molecule has 0 saturated carbocycles. The number of carbonyl (C=O) groups is 1. The molecule has 4 aromatic rings. The van der Waals surface area contributed by atoms with Gasteiger partial charge in [-0.3, -0.25) is 9.69 Å². The topological polar surface area (TPSA) is 114 Å². The quantitative estimate of drug-likeness (QED) is 0.167. The largest absolute Gasteiger partial charge is 0.491 e. The molecule has 4 aromatic carbocycles. The lowest BCUT2D eigenvalue weighted by atomic mass is 10.0. The van der Waals surface area contributed by atoms with Crippen molar-refractivity contribution < 1.29 is 29.2 Å². The summed E-state index contributed by atoms with van der Waals surface area (Å²) < 4.78 is 17.0. The first-order valence-electron chi connectivity index (χ1n) is 14.4. The van der Waals surface area contributed by atoms with Crippen molar-refractivity contribution >= 4 is 5.91 Å². The summed E-state index contributed by atoms with van der Waals surface area (Å²) in [5, 5.41) is 22.1. The Kier molecular flexibility index (Phi) is 12.0. The van der Waals surface area contributed by atoms with Crippen molar-refractivity contribution in [2.45, 2.75) is 38.2 Å². The first-order valence-corrected chi connectivity index (χ1v) is 14.4. The molecule has 0 unspecified atom stereocenters. The fraction of sp³-hybridized carbons (Fsp3) is 0.286. The summed E-state index contributed by atoms with van der Waals surface area (Å²) in [5.41, 5.74) is 8.05. The molecule has 0 aliphatic carbocycles. The second kappa shape index (κ2) is 16.3. The Balaban J connectivity index is 1.39. The molecule has 8 heteroatoms. The zero-order valence-electron chi connectivity index (χ0n) is 24.4. The van der Waals surface area contributed by atoms with Crippen LogP contribution in [0.1, 0.15) is 29.7 Å². The van der Waals surface area contributed by atoms with E-state index >= 15 is 0 Å². The van der Waals surface area contributed by atoms with Crippen LogP contribution in [0.25, 0.3) is 0 Å². The molecule has 0 aliphatic rings. The highest BCUT2D eigenvalue weighted by Crippen LogP contribution is 2.22. The van der Waals surface area contributed by atoms with E-state index in [4.69, 9.17) is 19.9 Å². The lowest BCUT2D eigenvalue weighted by molar-refractivity contribution is -0.119. The van der Waals surface area contributed by atoms with E-state index in [9.17, 15) is 15.0 Å². The normalized spacial score (nSPS) is 13.2. The van der Waals surface area contributed by atoms with Crippen LogP contribution in [0, 0.1) is 0 Å². The standard InChI is InChI=1S/C35H40N2O6/c1-26(20-27-12-16-32(17-13-27)43-25-35(36)40)37(21-30(38)24-42-31-10-6-3-7-11-31)22-34(39)29-14-18-33(19-15-29)41-23-28-8-4-2-5-9-28/h2-19,26,30,34,38-39H,20-25H2,1H3,(H2,36,40)/t26-,30-,34+/m1/s1. The van der Waals surface area contributed by atoms with E-state index in [0.29, 0.717) is 37.6 Å². The monoisotopic (exact) mass is 584 g/mol. The highest BCUT2D eigenvalue weighted by atomic mass is 16.5. The van der Waals surface area contributed by atoms with Crippen molar-refractivity contribution in [1.82, 2.24) is 4.90 Å². The van der Waals surface area contributed by atoms with Crippen molar-refractivity contribution in [2.75, 3.05) is 26.3 Å².